The zero-order chi connectivity index (χ0) is 11.9. The van der Waals surface area contributed by atoms with Gasteiger partial charge in [0.2, 0.25) is 0 Å². The first-order chi connectivity index (χ1) is 7.91. The Morgan fingerprint density at radius 3 is 2.31 bits per heavy atom. The van der Waals surface area contributed by atoms with Gasteiger partial charge in [0.1, 0.15) is 0 Å². The molecule has 0 aliphatic carbocycles. The Bertz CT molecular complexity index is 107. The summed E-state index contributed by atoms with van der Waals surface area (Å²) in [5, 5.41) is 3.35. The van der Waals surface area contributed by atoms with Gasteiger partial charge in [-0.25, -0.2) is 0 Å². The van der Waals surface area contributed by atoms with Crippen LogP contribution in [0.1, 0.15) is 51.9 Å². The molecule has 0 aromatic rings. The van der Waals surface area contributed by atoms with Gasteiger partial charge in [-0.05, 0) is 38.9 Å². The van der Waals surface area contributed by atoms with Crippen LogP contribution in [-0.4, -0.2) is 32.8 Å². The van der Waals surface area contributed by atoms with E-state index < -0.39 is 0 Å². The second kappa shape index (κ2) is 14.9. The predicted molar refractivity (Wildman–Crippen MR) is 70.7 cm³/mol. The average Bonchev–Trinajstić information content (AvgIpc) is 2.31. The Kier molecular flexibility index (Phi) is 14.8. The standard InChI is InChI=1S/C13H30N2O/c1-2-3-4-5-6-12-16-13-8-11-15-10-7-9-14/h15H,2-14H2,1H3. The number of rotatable bonds is 13. The highest BCUT2D eigenvalue weighted by Gasteiger charge is 1.91. The molecular weight excluding hydrogens is 200 g/mol. The fourth-order valence-electron chi connectivity index (χ4n) is 1.56. The first-order valence-corrected chi connectivity index (χ1v) is 6.90. The molecule has 0 bridgehead atoms. The topological polar surface area (TPSA) is 47.3 Å². The summed E-state index contributed by atoms with van der Waals surface area (Å²) in [5.74, 6) is 0. The van der Waals surface area contributed by atoms with E-state index in [4.69, 9.17) is 10.5 Å². The van der Waals surface area contributed by atoms with E-state index in [0.717, 1.165) is 45.7 Å². The minimum Gasteiger partial charge on any atom is -0.381 e. The van der Waals surface area contributed by atoms with Gasteiger partial charge >= 0.3 is 0 Å². The maximum absolute atomic E-state index is 5.56. The summed E-state index contributed by atoms with van der Waals surface area (Å²) in [6.45, 7) is 6.94. The average molecular weight is 230 g/mol. The first-order valence-electron chi connectivity index (χ1n) is 6.90. The maximum atomic E-state index is 5.56. The van der Waals surface area contributed by atoms with Gasteiger partial charge < -0.3 is 15.8 Å². The van der Waals surface area contributed by atoms with Crippen LogP contribution in [0.3, 0.4) is 0 Å². The highest BCUT2D eigenvalue weighted by molar-refractivity contribution is 4.48. The lowest BCUT2D eigenvalue weighted by Gasteiger charge is -2.05. The van der Waals surface area contributed by atoms with Crippen molar-refractivity contribution in [3.63, 3.8) is 0 Å². The van der Waals surface area contributed by atoms with Gasteiger partial charge in [-0.3, -0.25) is 0 Å². The third-order valence-corrected chi connectivity index (χ3v) is 2.59. The lowest BCUT2D eigenvalue weighted by molar-refractivity contribution is 0.127. The Morgan fingerprint density at radius 1 is 0.875 bits per heavy atom. The van der Waals surface area contributed by atoms with Crippen molar-refractivity contribution in [2.24, 2.45) is 5.73 Å². The van der Waals surface area contributed by atoms with Crippen LogP contribution in [0.25, 0.3) is 0 Å². The number of nitrogens with one attached hydrogen (secondary N) is 1. The van der Waals surface area contributed by atoms with Crippen LogP contribution in [0, 0.1) is 0 Å². The van der Waals surface area contributed by atoms with Crippen LogP contribution in [-0.2, 0) is 4.74 Å². The molecular formula is C13H30N2O. The summed E-state index contributed by atoms with van der Waals surface area (Å²) in [4.78, 5) is 0. The summed E-state index contributed by atoms with van der Waals surface area (Å²) < 4.78 is 5.56. The van der Waals surface area contributed by atoms with Gasteiger partial charge in [0.15, 0.2) is 0 Å². The number of nitrogens with two attached hydrogens (primary N) is 1. The Balaban J connectivity index is 2.83. The Labute approximate surface area is 101 Å². The maximum Gasteiger partial charge on any atom is 0.0478 e. The van der Waals surface area contributed by atoms with Crippen LogP contribution < -0.4 is 11.1 Å². The van der Waals surface area contributed by atoms with E-state index in [1.54, 1.807) is 0 Å². The van der Waals surface area contributed by atoms with Crippen LogP contribution in [0.15, 0.2) is 0 Å². The largest absolute Gasteiger partial charge is 0.381 e. The number of hydrogen-bond donors (Lipinski definition) is 2. The molecule has 0 aromatic heterocycles. The van der Waals surface area contributed by atoms with E-state index in [1.165, 1.54) is 32.1 Å². The summed E-state index contributed by atoms with van der Waals surface area (Å²) in [7, 11) is 0. The molecule has 0 saturated carbocycles. The zero-order valence-electron chi connectivity index (χ0n) is 11.0. The van der Waals surface area contributed by atoms with Gasteiger partial charge in [-0.15, -0.1) is 0 Å². The van der Waals surface area contributed by atoms with E-state index >= 15 is 0 Å². The molecule has 0 unspecified atom stereocenters. The van der Waals surface area contributed by atoms with Crippen molar-refractivity contribution in [1.82, 2.24) is 5.32 Å². The van der Waals surface area contributed by atoms with Crippen molar-refractivity contribution in [2.45, 2.75) is 51.9 Å². The molecule has 0 heterocycles. The third kappa shape index (κ3) is 13.9. The monoisotopic (exact) mass is 230 g/mol. The van der Waals surface area contributed by atoms with Crippen LogP contribution in [0.5, 0.6) is 0 Å². The summed E-state index contributed by atoms with van der Waals surface area (Å²) in [6, 6.07) is 0. The molecule has 3 N–H and O–H groups in total. The fraction of sp³-hybridized carbons (Fsp3) is 1.00. The van der Waals surface area contributed by atoms with E-state index in [1.807, 2.05) is 0 Å². The third-order valence-electron chi connectivity index (χ3n) is 2.59. The Morgan fingerprint density at radius 2 is 1.56 bits per heavy atom. The summed E-state index contributed by atoms with van der Waals surface area (Å²) in [6.07, 6.45) is 8.77. The molecule has 0 spiro atoms. The predicted octanol–water partition coefficient (Wildman–Crippen LogP) is 2.30. The summed E-state index contributed by atoms with van der Waals surface area (Å²) in [5.41, 5.74) is 5.39. The minimum absolute atomic E-state index is 0.779. The van der Waals surface area contributed by atoms with Gasteiger partial charge in [0.05, 0.1) is 0 Å². The highest BCUT2D eigenvalue weighted by atomic mass is 16.5. The van der Waals surface area contributed by atoms with Crippen LogP contribution in [0.2, 0.25) is 0 Å². The molecule has 16 heavy (non-hydrogen) atoms. The van der Waals surface area contributed by atoms with Gasteiger partial charge in [-0.1, -0.05) is 32.6 Å². The van der Waals surface area contributed by atoms with Crippen LogP contribution in [0.4, 0.5) is 0 Å². The minimum atomic E-state index is 0.779. The molecule has 3 nitrogen and oxygen atoms in total. The second-order valence-electron chi connectivity index (χ2n) is 4.27. The number of hydrogen-bond acceptors (Lipinski definition) is 3. The van der Waals surface area contributed by atoms with Crippen molar-refractivity contribution in [1.29, 1.82) is 0 Å². The zero-order valence-corrected chi connectivity index (χ0v) is 11.0. The quantitative estimate of drug-likeness (QED) is 0.477. The molecule has 0 aliphatic rings. The van der Waals surface area contributed by atoms with Crippen molar-refractivity contribution in [3.05, 3.63) is 0 Å². The smallest absolute Gasteiger partial charge is 0.0478 e. The molecule has 0 rings (SSSR count). The van der Waals surface area contributed by atoms with E-state index in [9.17, 15) is 0 Å². The Hall–Kier alpha value is -0.120. The molecule has 0 aliphatic heterocycles. The van der Waals surface area contributed by atoms with Crippen LogP contribution >= 0.6 is 0 Å². The lowest BCUT2D eigenvalue weighted by atomic mass is 10.2. The molecule has 0 saturated heterocycles. The molecule has 0 aromatic carbocycles. The molecule has 98 valence electrons. The van der Waals surface area contributed by atoms with E-state index in [-0.39, 0.29) is 0 Å². The van der Waals surface area contributed by atoms with Crippen molar-refractivity contribution < 1.29 is 4.74 Å². The SMILES string of the molecule is CCCCCCCOCCCNCCCN. The second-order valence-corrected chi connectivity index (χ2v) is 4.27. The van der Waals surface area contributed by atoms with Gasteiger partial charge in [-0.2, -0.15) is 0 Å². The fourth-order valence-corrected chi connectivity index (χ4v) is 1.56. The van der Waals surface area contributed by atoms with E-state index in [0.29, 0.717) is 0 Å². The highest BCUT2D eigenvalue weighted by Crippen LogP contribution is 2.02. The normalized spacial score (nSPS) is 10.9. The molecule has 0 radical (unpaired) electrons. The van der Waals surface area contributed by atoms with Gasteiger partial charge in [0, 0.05) is 13.2 Å². The van der Waals surface area contributed by atoms with Crippen molar-refractivity contribution >= 4 is 0 Å². The van der Waals surface area contributed by atoms with Crippen molar-refractivity contribution in [2.75, 3.05) is 32.8 Å². The number of unbranched alkanes of at least 4 members (excludes halogenated alkanes) is 4. The first kappa shape index (κ1) is 15.9. The lowest BCUT2D eigenvalue weighted by Crippen LogP contribution is -2.20. The molecule has 0 atom stereocenters. The molecule has 0 amide bonds. The van der Waals surface area contributed by atoms with E-state index in [2.05, 4.69) is 12.2 Å². The molecule has 3 heteroatoms. The molecule has 0 fully saturated rings. The van der Waals surface area contributed by atoms with Crippen molar-refractivity contribution in [3.8, 4) is 0 Å². The summed E-state index contributed by atoms with van der Waals surface area (Å²) >= 11 is 0. The number of ether oxygens (including phenoxy) is 1. The van der Waals surface area contributed by atoms with Gasteiger partial charge in [0.25, 0.3) is 0 Å².